The fraction of sp³-hybridized carbons (Fsp3) is 0.722. The van der Waals surface area contributed by atoms with Crippen molar-refractivity contribution in [1.29, 1.82) is 0 Å². The third-order valence-corrected chi connectivity index (χ3v) is 6.39. The molecule has 0 saturated carbocycles. The van der Waals surface area contributed by atoms with Gasteiger partial charge in [0.15, 0.2) is 0 Å². The summed E-state index contributed by atoms with van der Waals surface area (Å²) in [6.07, 6.45) is 1.84. The minimum absolute atomic E-state index is 0.0342. The van der Waals surface area contributed by atoms with E-state index in [1.165, 1.54) is 11.8 Å². The minimum atomic E-state index is -0.925. The maximum absolute atomic E-state index is 11.7. The molecule has 3 rings (SSSR count). The fourth-order valence-electron chi connectivity index (χ4n) is 4.08. The molecule has 1 aromatic rings. The Labute approximate surface area is 148 Å². The van der Waals surface area contributed by atoms with E-state index in [-0.39, 0.29) is 18.1 Å². The van der Waals surface area contributed by atoms with Gasteiger partial charge in [-0.2, -0.15) is 0 Å². The Morgan fingerprint density at radius 3 is 3.04 bits per heavy atom. The largest absolute Gasteiger partial charge is 0.388 e. The molecule has 0 aromatic carbocycles. The quantitative estimate of drug-likeness (QED) is 0.903. The monoisotopic (exact) mass is 352 g/mol. The first kappa shape index (κ1) is 17.9. The number of aliphatic hydroxyl groups is 1. The summed E-state index contributed by atoms with van der Waals surface area (Å²) in [5.41, 5.74) is -0.925. The predicted molar refractivity (Wildman–Crippen MR) is 94.9 cm³/mol. The van der Waals surface area contributed by atoms with Crippen LogP contribution in [0.15, 0.2) is 17.5 Å². The second-order valence-electron chi connectivity index (χ2n) is 7.44. The summed E-state index contributed by atoms with van der Waals surface area (Å²) in [5.74, 6) is 0.270. The number of hydrogen-bond donors (Lipinski definition) is 1. The Bertz CT molecular complexity index is 561. The minimum Gasteiger partial charge on any atom is -0.388 e. The Kier molecular flexibility index (Phi) is 5.30. The number of nitrogens with zero attached hydrogens (tertiary/aromatic N) is 2. The lowest BCUT2D eigenvalue weighted by Crippen LogP contribution is -2.53. The standard InChI is InChI=1S/C18H28N2O3S/c1-13(21)19(3)17-12-23-16-6-7-20(11-15-5-4-8-24-15)10-14(16)9-18(17,2)22/h4-5,8,14,16-17,22H,6-7,9-12H2,1-3H3/t14-,16+,17+,18+/m0/s1. The Balaban J connectivity index is 1.69. The van der Waals surface area contributed by atoms with E-state index in [0.29, 0.717) is 18.9 Å². The first-order valence-corrected chi connectivity index (χ1v) is 9.57. The number of carbonyl (C=O) groups is 1. The lowest BCUT2D eigenvalue weighted by atomic mass is 9.82. The third kappa shape index (κ3) is 3.82. The molecule has 0 bridgehead atoms. The van der Waals surface area contributed by atoms with E-state index in [9.17, 15) is 9.90 Å². The van der Waals surface area contributed by atoms with Gasteiger partial charge in [-0.15, -0.1) is 11.3 Å². The molecule has 0 unspecified atom stereocenters. The lowest BCUT2D eigenvalue weighted by Gasteiger charge is -2.40. The van der Waals surface area contributed by atoms with Crippen molar-refractivity contribution in [3.05, 3.63) is 22.4 Å². The van der Waals surface area contributed by atoms with E-state index in [2.05, 4.69) is 22.4 Å². The van der Waals surface area contributed by atoms with Gasteiger partial charge in [0.05, 0.1) is 24.4 Å². The summed E-state index contributed by atoms with van der Waals surface area (Å²) >= 11 is 1.79. The van der Waals surface area contributed by atoms with Crippen LogP contribution in [0, 0.1) is 5.92 Å². The number of likely N-dealkylation sites (N-methyl/N-ethyl adjacent to an activating group) is 1. The number of likely N-dealkylation sites (tertiary alicyclic amines) is 1. The van der Waals surface area contributed by atoms with Crippen molar-refractivity contribution < 1.29 is 14.6 Å². The van der Waals surface area contributed by atoms with Gasteiger partial charge in [-0.3, -0.25) is 9.69 Å². The lowest BCUT2D eigenvalue weighted by molar-refractivity contribution is -0.138. The molecule has 3 heterocycles. The molecule has 24 heavy (non-hydrogen) atoms. The van der Waals surface area contributed by atoms with E-state index >= 15 is 0 Å². The molecule has 1 N–H and O–H groups in total. The van der Waals surface area contributed by atoms with E-state index in [4.69, 9.17) is 4.74 Å². The fourth-order valence-corrected chi connectivity index (χ4v) is 4.82. The van der Waals surface area contributed by atoms with Gasteiger partial charge < -0.3 is 14.7 Å². The number of fused-ring (bicyclic) bond motifs is 1. The van der Waals surface area contributed by atoms with Crippen LogP contribution in [0.4, 0.5) is 0 Å². The van der Waals surface area contributed by atoms with Crippen LogP contribution in [0.2, 0.25) is 0 Å². The molecule has 6 heteroatoms. The van der Waals surface area contributed by atoms with Crippen LogP contribution in [-0.2, 0) is 16.1 Å². The first-order valence-electron chi connectivity index (χ1n) is 8.69. The number of rotatable bonds is 3. The normalized spacial score (nSPS) is 34.4. The molecule has 0 aliphatic carbocycles. The number of hydrogen-bond acceptors (Lipinski definition) is 5. The predicted octanol–water partition coefficient (Wildman–Crippen LogP) is 1.96. The highest BCUT2D eigenvalue weighted by Crippen LogP contribution is 2.35. The van der Waals surface area contributed by atoms with E-state index < -0.39 is 5.60 Å². The number of carbonyl (C=O) groups excluding carboxylic acids is 1. The molecule has 1 amide bonds. The Morgan fingerprint density at radius 1 is 1.58 bits per heavy atom. The molecular formula is C18H28N2O3S. The van der Waals surface area contributed by atoms with Gasteiger partial charge in [-0.1, -0.05) is 6.07 Å². The van der Waals surface area contributed by atoms with E-state index in [0.717, 1.165) is 26.1 Å². The van der Waals surface area contributed by atoms with Crippen LogP contribution in [0.25, 0.3) is 0 Å². The van der Waals surface area contributed by atoms with Gasteiger partial charge >= 0.3 is 0 Å². The average Bonchev–Trinajstić information content (AvgIpc) is 2.96. The van der Waals surface area contributed by atoms with Gasteiger partial charge in [0.25, 0.3) is 0 Å². The summed E-state index contributed by atoms with van der Waals surface area (Å²) in [6.45, 7) is 6.73. The van der Waals surface area contributed by atoms with Crippen molar-refractivity contribution in [2.45, 2.75) is 51.0 Å². The molecule has 0 radical (unpaired) electrons. The number of piperidine rings is 1. The van der Waals surface area contributed by atoms with Crippen LogP contribution in [0.5, 0.6) is 0 Å². The van der Waals surface area contributed by atoms with Gasteiger partial charge in [0.2, 0.25) is 5.91 Å². The summed E-state index contributed by atoms with van der Waals surface area (Å²) in [4.78, 5) is 17.2. The van der Waals surface area contributed by atoms with E-state index in [1.807, 2.05) is 6.92 Å². The molecule has 2 saturated heterocycles. The first-order chi connectivity index (χ1) is 11.4. The Morgan fingerprint density at radius 2 is 2.38 bits per heavy atom. The molecule has 2 aliphatic heterocycles. The van der Waals surface area contributed by atoms with Crippen molar-refractivity contribution in [3.8, 4) is 0 Å². The zero-order valence-electron chi connectivity index (χ0n) is 14.8. The van der Waals surface area contributed by atoms with E-state index in [1.54, 1.807) is 23.3 Å². The smallest absolute Gasteiger partial charge is 0.219 e. The zero-order chi connectivity index (χ0) is 17.3. The molecule has 5 nitrogen and oxygen atoms in total. The van der Waals surface area contributed by atoms with Crippen LogP contribution >= 0.6 is 11.3 Å². The number of ether oxygens (including phenoxy) is 1. The van der Waals surface area contributed by atoms with Gasteiger partial charge in [-0.05, 0) is 31.2 Å². The summed E-state index contributed by atoms with van der Waals surface area (Å²) in [5, 5.41) is 13.1. The molecular weight excluding hydrogens is 324 g/mol. The van der Waals surface area contributed by atoms with Crippen LogP contribution in [0.3, 0.4) is 0 Å². The number of thiophene rings is 1. The maximum atomic E-state index is 11.7. The van der Waals surface area contributed by atoms with Gasteiger partial charge in [-0.25, -0.2) is 0 Å². The molecule has 1 aromatic heterocycles. The zero-order valence-corrected chi connectivity index (χ0v) is 15.6. The van der Waals surface area contributed by atoms with Crippen molar-refractivity contribution in [2.75, 3.05) is 26.7 Å². The average molecular weight is 353 g/mol. The van der Waals surface area contributed by atoms with Gasteiger partial charge in [0.1, 0.15) is 0 Å². The molecule has 2 aliphatic rings. The van der Waals surface area contributed by atoms with Gasteiger partial charge in [0, 0.05) is 44.4 Å². The van der Waals surface area contributed by atoms with Crippen LogP contribution in [0.1, 0.15) is 31.6 Å². The van der Waals surface area contributed by atoms with Crippen LogP contribution < -0.4 is 0 Å². The SMILES string of the molecule is CC(=O)N(C)[C@@H]1CO[C@@H]2CCN(Cc3cccs3)C[C@@H]2C[C@@]1(C)O. The molecule has 4 atom stereocenters. The second kappa shape index (κ2) is 7.12. The topological polar surface area (TPSA) is 53.0 Å². The highest BCUT2D eigenvalue weighted by Gasteiger charge is 2.45. The maximum Gasteiger partial charge on any atom is 0.219 e. The molecule has 2 fully saturated rings. The highest BCUT2D eigenvalue weighted by molar-refractivity contribution is 7.09. The summed E-state index contributed by atoms with van der Waals surface area (Å²) in [6, 6.07) is 3.98. The molecule has 134 valence electrons. The number of amides is 1. The Hall–Kier alpha value is -0.950. The summed E-state index contributed by atoms with van der Waals surface area (Å²) < 4.78 is 6.13. The second-order valence-corrected chi connectivity index (χ2v) is 8.47. The highest BCUT2D eigenvalue weighted by atomic mass is 32.1. The van der Waals surface area contributed by atoms with Crippen molar-refractivity contribution in [1.82, 2.24) is 9.80 Å². The van der Waals surface area contributed by atoms with Crippen molar-refractivity contribution >= 4 is 17.2 Å². The third-order valence-electron chi connectivity index (χ3n) is 5.53. The summed E-state index contributed by atoms with van der Waals surface area (Å²) in [7, 11) is 1.75. The van der Waals surface area contributed by atoms with Crippen molar-refractivity contribution in [3.63, 3.8) is 0 Å². The van der Waals surface area contributed by atoms with Crippen LogP contribution in [-0.4, -0.2) is 65.3 Å². The van der Waals surface area contributed by atoms with Crippen molar-refractivity contribution in [2.24, 2.45) is 5.92 Å². The molecule has 0 spiro atoms.